The first-order chi connectivity index (χ1) is 8.70. The number of benzene rings is 1. The Bertz CT molecular complexity index is 516. The van der Waals surface area contributed by atoms with Crippen molar-refractivity contribution in [1.29, 1.82) is 0 Å². The zero-order valence-corrected chi connectivity index (χ0v) is 10.1. The second kappa shape index (κ2) is 5.66. The van der Waals surface area contributed by atoms with Crippen LogP contribution in [0.1, 0.15) is 22.9 Å². The molecule has 0 aliphatic carbocycles. The van der Waals surface area contributed by atoms with Gasteiger partial charge in [0, 0.05) is 12.4 Å². The van der Waals surface area contributed by atoms with Crippen LogP contribution >= 0.6 is 0 Å². The zero-order chi connectivity index (χ0) is 13.0. The standard InChI is InChI=1S/C13H15FN4/c1-9-2-3-11(14)6-10(9)7-12(18-15)13-8-16-4-5-17-13/h2-6,8,12,18H,7,15H2,1H3. The normalized spacial score (nSPS) is 12.4. The van der Waals surface area contributed by atoms with E-state index in [2.05, 4.69) is 15.4 Å². The molecule has 18 heavy (non-hydrogen) atoms. The Hall–Kier alpha value is -1.85. The maximum Gasteiger partial charge on any atom is 0.123 e. The number of hydrazine groups is 1. The lowest BCUT2D eigenvalue weighted by molar-refractivity contribution is 0.532. The van der Waals surface area contributed by atoms with Crippen LogP contribution in [-0.4, -0.2) is 9.97 Å². The van der Waals surface area contributed by atoms with Gasteiger partial charge in [0.1, 0.15) is 5.82 Å². The van der Waals surface area contributed by atoms with Crippen LogP contribution in [0.2, 0.25) is 0 Å². The van der Waals surface area contributed by atoms with Crippen LogP contribution < -0.4 is 11.3 Å². The Morgan fingerprint density at radius 2 is 2.22 bits per heavy atom. The molecule has 0 fully saturated rings. The highest BCUT2D eigenvalue weighted by atomic mass is 19.1. The minimum Gasteiger partial charge on any atom is -0.271 e. The van der Waals surface area contributed by atoms with Crippen LogP contribution in [-0.2, 0) is 6.42 Å². The SMILES string of the molecule is Cc1ccc(F)cc1CC(NN)c1cnccn1. The zero-order valence-electron chi connectivity index (χ0n) is 10.1. The summed E-state index contributed by atoms with van der Waals surface area (Å²) in [5.74, 6) is 5.28. The smallest absolute Gasteiger partial charge is 0.123 e. The maximum atomic E-state index is 13.2. The predicted octanol–water partition coefficient (Wildman–Crippen LogP) is 1.67. The van der Waals surface area contributed by atoms with Crippen molar-refractivity contribution in [1.82, 2.24) is 15.4 Å². The van der Waals surface area contributed by atoms with Crippen LogP contribution in [0.25, 0.3) is 0 Å². The summed E-state index contributed by atoms with van der Waals surface area (Å²) < 4.78 is 13.2. The fourth-order valence-electron chi connectivity index (χ4n) is 1.82. The van der Waals surface area contributed by atoms with Crippen molar-refractivity contribution in [3.63, 3.8) is 0 Å². The molecule has 0 saturated heterocycles. The van der Waals surface area contributed by atoms with Crippen molar-refractivity contribution < 1.29 is 4.39 Å². The maximum absolute atomic E-state index is 13.2. The quantitative estimate of drug-likeness (QED) is 0.636. The number of hydrogen-bond acceptors (Lipinski definition) is 4. The molecule has 1 aromatic carbocycles. The molecular formula is C13H15FN4. The molecule has 0 saturated carbocycles. The average molecular weight is 246 g/mol. The van der Waals surface area contributed by atoms with E-state index >= 15 is 0 Å². The van der Waals surface area contributed by atoms with Gasteiger partial charge >= 0.3 is 0 Å². The van der Waals surface area contributed by atoms with E-state index in [0.717, 1.165) is 16.8 Å². The second-order valence-corrected chi connectivity index (χ2v) is 4.12. The molecular weight excluding hydrogens is 231 g/mol. The van der Waals surface area contributed by atoms with Crippen LogP contribution in [0, 0.1) is 12.7 Å². The van der Waals surface area contributed by atoms with Crippen molar-refractivity contribution in [3.05, 3.63) is 59.4 Å². The van der Waals surface area contributed by atoms with Crippen molar-refractivity contribution in [2.24, 2.45) is 5.84 Å². The minimum absolute atomic E-state index is 0.181. The molecule has 94 valence electrons. The van der Waals surface area contributed by atoms with Gasteiger partial charge in [0.25, 0.3) is 0 Å². The van der Waals surface area contributed by atoms with E-state index in [-0.39, 0.29) is 11.9 Å². The molecule has 0 amide bonds. The molecule has 0 aliphatic rings. The van der Waals surface area contributed by atoms with Crippen LogP contribution in [0.15, 0.2) is 36.8 Å². The van der Waals surface area contributed by atoms with Gasteiger partial charge in [0.2, 0.25) is 0 Å². The number of nitrogens with one attached hydrogen (secondary N) is 1. The number of hydrogen-bond donors (Lipinski definition) is 2. The largest absolute Gasteiger partial charge is 0.271 e. The van der Waals surface area contributed by atoms with Gasteiger partial charge in [0.05, 0.1) is 17.9 Å². The van der Waals surface area contributed by atoms with Crippen molar-refractivity contribution in [2.45, 2.75) is 19.4 Å². The lowest BCUT2D eigenvalue weighted by Gasteiger charge is -2.16. The monoisotopic (exact) mass is 246 g/mol. The summed E-state index contributed by atoms with van der Waals surface area (Å²) in [7, 11) is 0. The van der Waals surface area contributed by atoms with Gasteiger partial charge in [0.15, 0.2) is 0 Å². The van der Waals surface area contributed by atoms with E-state index in [0.29, 0.717) is 6.42 Å². The highest BCUT2D eigenvalue weighted by Gasteiger charge is 2.13. The number of nitrogens with zero attached hydrogens (tertiary/aromatic N) is 2. The van der Waals surface area contributed by atoms with Crippen LogP contribution in [0.5, 0.6) is 0 Å². The van der Waals surface area contributed by atoms with E-state index in [9.17, 15) is 4.39 Å². The van der Waals surface area contributed by atoms with Gasteiger partial charge in [-0.15, -0.1) is 0 Å². The third-order valence-corrected chi connectivity index (χ3v) is 2.88. The molecule has 5 heteroatoms. The first kappa shape index (κ1) is 12.6. The second-order valence-electron chi connectivity index (χ2n) is 4.12. The van der Waals surface area contributed by atoms with Crippen molar-refractivity contribution >= 4 is 0 Å². The Kier molecular flexibility index (Phi) is 3.96. The Labute approximate surface area is 105 Å². The van der Waals surface area contributed by atoms with E-state index in [1.54, 1.807) is 24.7 Å². The topological polar surface area (TPSA) is 63.8 Å². The Morgan fingerprint density at radius 1 is 1.39 bits per heavy atom. The molecule has 0 aliphatic heterocycles. The fourth-order valence-corrected chi connectivity index (χ4v) is 1.82. The van der Waals surface area contributed by atoms with Crippen molar-refractivity contribution in [3.8, 4) is 0 Å². The third kappa shape index (κ3) is 2.88. The molecule has 0 radical (unpaired) electrons. The summed E-state index contributed by atoms with van der Waals surface area (Å²) in [6.07, 6.45) is 5.43. The molecule has 2 aromatic rings. The van der Waals surface area contributed by atoms with Gasteiger partial charge < -0.3 is 0 Å². The Balaban J connectivity index is 2.23. The summed E-state index contributed by atoms with van der Waals surface area (Å²) in [6.45, 7) is 1.94. The molecule has 0 bridgehead atoms. The van der Waals surface area contributed by atoms with Crippen LogP contribution in [0.4, 0.5) is 4.39 Å². The molecule has 1 atom stereocenters. The molecule has 2 rings (SSSR count). The lowest BCUT2D eigenvalue weighted by atomic mass is 9.99. The van der Waals surface area contributed by atoms with E-state index < -0.39 is 0 Å². The Morgan fingerprint density at radius 3 is 2.89 bits per heavy atom. The molecule has 1 unspecified atom stereocenters. The number of aryl methyl sites for hydroxylation is 1. The highest BCUT2D eigenvalue weighted by molar-refractivity contribution is 5.28. The summed E-state index contributed by atoms with van der Waals surface area (Å²) >= 11 is 0. The number of halogens is 1. The predicted molar refractivity (Wildman–Crippen MR) is 66.9 cm³/mol. The van der Waals surface area contributed by atoms with Crippen LogP contribution in [0.3, 0.4) is 0 Å². The van der Waals surface area contributed by atoms with Gasteiger partial charge in [-0.25, -0.2) is 4.39 Å². The molecule has 1 aromatic heterocycles. The summed E-state index contributed by atoms with van der Waals surface area (Å²) in [6, 6.07) is 4.55. The minimum atomic E-state index is -0.245. The van der Waals surface area contributed by atoms with Gasteiger partial charge in [-0.1, -0.05) is 6.07 Å². The molecule has 3 N–H and O–H groups in total. The summed E-state index contributed by atoms with van der Waals surface area (Å²) in [4.78, 5) is 8.20. The number of aromatic nitrogens is 2. The highest BCUT2D eigenvalue weighted by Crippen LogP contribution is 2.18. The molecule has 0 spiro atoms. The summed E-state index contributed by atoms with van der Waals surface area (Å²) in [5.41, 5.74) is 5.36. The fraction of sp³-hybridized carbons (Fsp3) is 0.231. The van der Waals surface area contributed by atoms with E-state index in [1.165, 1.54) is 12.1 Å². The number of nitrogens with two attached hydrogens (primary N) is 1. The van der Waals surface area contributed by atoms with Crippen molar-refractivity contribution in [2.75, 3.05) is 0 Å². The van der Waals surface area contributed by atoms with Gasteiger partial charge in [-0.3, -0.25) is 21.2 Å². The molecule has 1 heterocycles. The average Bonchev–Trinajstić information content (AvgIpc) is 2.41. The summed E-state index contributed by atoms with van der Waals surface area (Å²) in [5, 5.41) is 0. The number of rotatable bonds is 4. The first-order valence-electron chi connectivity index (χ1n) is 5.68. The van der Waals surface area contributed by atoms with Gasteiger partial charge in [-0.05, 0) is 36.6 Å². The third-order valence-electron chi connectivity index (χ3n) is 2.88. The van der Waals surface area contributed by atoms with Gasteiger partial charge in [-0.2, -0.15) is 0 Å². The van der Waals surface area contributed by atoms with E-state index in [4.69, 9.17) is 5.84 Å². The first-order valence-corrected chi connectivity index (χ1v) is 5.68. The molecule has 4 nitrogen and oxygen atoms in total. The van der Waals surface area contributed by atoms with E-state index in [1.807, 2.05) is 6.92 Å². The lowest BCUT2D eigenvalue weighted by Crippen LogP contribution is -2.30.